The highest BCUT2D eigenvalue weighted by atomic mass is 35.5. The highest BCUT2D eigenvalue weighted by molar-refractivity contribution is 6.30. The Balaban J connectivity index is 1.38. The molecule has 0 aliphatic carbocycles. The number of carbonyl (C=O) groups is 1. The molecule has 0 aromatic heterocycles. The number of rotatable bonds is 13. The lowest BCUT2D eigenvalue weighted by molar-refractivity contribution is 0.0954. The first kappa shape index (κ1) is 28.5. The SMILES string of the molecule is CCOc1cc(/C=N/NC(=O)c2ccc(OCc3ccccc3)c(OCC)c2)ccc1OCc1ccc(Cl)cc1. The number of nitrogens with one attached hydrogen (secondary N) is 1. The Morgan fingerprint density at radius 1 is 0.725 bits per heavy atom. The van der Waals surface area contributed by atoms with Gasteiger partial charge in [-0.2, -0.15) is 5.10 Å². The van der Waals surface area contributed by atoms with E-state index in [0.717, 1.165) is 16.7 Å². The second-order valence-corrected chi connectivity index (χ2v) is 9.06. The summed E-state index contributed by atoms with van der Waals surface area (Å²) >= 11 is 5.96. The molecule has 0 aliphatic heterocycles. The summed E-state index contributed by atoms with van der Waals surface area (Å²) in [5.41, 5.74) is 5.72. The van der Waals surface area contributed by atoms with Gasteiger partial charge < -0.3 is 18.9 Å². The van der Waals surface area contributed by atoms with E-state index in [1.807, 2.05) is 86.6 Å². The van der Waals surface area contributed by atoms with Gasteiger partial charge >= 0.3 is 0 Å². The Bertz CT molecular complexity index is 1430. The molecule has 0 aliphatic rings. The maximum absolute atomic E-state index is 12.8. The average molecular weight is 559 g/mol. The summed E-state index contributed by atoms with van der Waals surface area (Å²) < 4.78 is 23.3. The Morgan fingerprint density at radius 2 is 1.32 bits per heavy atom. The van der Waals surface area contributed by atoms with Crippen LogP contribution >= 0.6 is 11.6 Å². The lowest BCUT2D eigenvalue weighted by Gasteiger charge is -2.13. The van der Waals surface area contributed by atoms with Crippen LogP contribution in [0.4, 0.5) is 0 Å². The smallest absolute Gasteiger partial charge is 0.271 e. The lowest BCUT2D eigenvalue weighted by Crippen LogP contribution is -2.17. The molecule has 0 fully saturated rings. The molecule has 0 bridgehead atoms. The number of hydrogen-bond acceptors (Lipinski definition) is 6. The molecule has 0 saturated heterocycles. The van der Waals surface area contributed by atoms with Crippen LogP contribution in [0, 0.1) is 0 Å². The van der Waals surface area contributed by atoms with Gasteiger partial charge in [0.1, 0.15) is 13.2 Å². The summed E-state index contributed by atoms with van der Waals surface area (Å²) in [7, 11) is 0. The standard InChI is InChI=1S/C32H31ClN2O5/c1-3-37-30-18-25(12-16-28(30)40-22-24-10-14-27(33)15-11-24)20-34-35-32(36)26-13-17-29(31(19-26)38-4-2)39-21-23-8-6-5-7-9-23/h5-20H,3-4,21-22H2,1-2H3,(H,35,36)/b34-20+. The molecule has 0 heterocycles. The number of nitrogens with zero attached hydrogens (tertiary/aromatic N) is 1. The maximum atomic E-state index is 12.8. The molecule has 0 spiro atoms. The molecule has 0 atom stereocenters. The minimum absolute atomic E-state index is 0.375. The maximum Gasteiger partial charge on any atom is 0.271 e. The van der Waals surface area contributed by atoms with Crippen LogP contribution in [0.2, 0.25) is 5.02 Å². The van der Waals surface area contributed by atoms with Crippen LogP contribution in [0.3, 0.4) is 0 Å². The molecule has 0 unspecified atom stereocenters. The molecular weight excluding hydrogens is 528 g/mol. The summed E-state index contributed by atoms with van der Waals surface area (Å²) in [6, 6.07) is 27.8. The van der Waals surface area contributed by atoms with Gasteiger partial charge in [-0.15, -0.1) is 0 Å². The van der Waals surface area contributed by atoms with Crippen molar-refractivity contribution in [1.82, 2.24) is 5.43 Å². The van der Waals surface area contributed by atoms with Gasteiger partial charge in [-0.05, 0) is 79.1 Å². The van der Waals surface area contributed by atoms with Crippen molar-refractivity contribution in [3.63, 3.8) is 0 Å². The van der Waals surface area contributed by atoms with E-state index in [1.165, 1.54) is 0 Å². The first-order valence-electron chi connectivity index (χ1n) is 13.0. The number of halogens is 1. The monoisotopic (exact) mass is 558 g/mol. The van der Waals surface area contributed by atoms with Crippen molar-refractivity contribution in [2.75, 3.05) is 13.2 Å². The Hall–Kier alpha value is -4.49. The first-order valence-corrected chi connectivity index (χ1v) is 13.3. The topological polar surface area (TPSA) is 78.4 Å². The molecule has 1 amide bonds. The van der Waals surface area contributed by atoms with Gasteiger partial charge in [-0.1, -0.05) is 54.1 Å². The van der Waals surface area contributed by atoms with Crippen LogP contribution < -0.4 is 24.4 Å². The van der Waals surface area contributed by atoms with E-state index < -0.39 is 0 Å². The summed E-state index contributed by atoms with van der Waals surface area (Å²) in [4.78, 5) is 12.8. The van der Waals surface area contributed by atoms with Crippen LogP contribution in [0.15, 0.2) is 96.1 Å². The van der Waals surface area contributed by atoms with Crippen LogP contribution in [-0.2, 0) is 13.2 Å². The highest BCUT2D eigenvalue weighted by Crippen LogP contribution is 2.30. The normalized spacial score (nSPS) is 10.8. The predicted molar refractivity (Wildman–Crippen MR) is 157 cm³/mol. The van der Waals surface area contributed by atoms with E-state index in [9.17, 15) is 4.79 Å². The van der Waals surface area contributed by atoms with E-state index in [1.54, 1.807) is 24.4 Å². The van der Waals surface area contributed by atoms with Gasteiger partial charge in [0.15, 0.2) is 23.0 Å². The third-order valence-corrected chi connectivity index (χ3v) is 5.95. The average Bonchev–Trinajstić information content (AvgIpc) is 2.97. The Labute approximate surface area is 239 Å². The van der Waals surface area contributed by atoms with Crippen molar-refractivity contribution in [2.24, 2.45) is 5.10 Å². The van der Waals surface area contributed by atoms with Crippen molar-refractivity contribution in [3.8, 4) is 23.0 Å². The van der Waals surface area contributed by atoms with E-state index in [4.69, 9.17) is 30.5 Å². The number of benzene rings is 4. The van der Waals surface area contributed by atoms with Crippen molar-refractivity contribution in [3.05, 3.63) is 118 Å². The minimum Gasteiger partial charge on any atom is -0.490 e. The van der Waals surface area contributed by atoms with Gasteiger partial charge in [-0.3, -0.25) is 4.79 Å². The van der Waals surface area contributed by atoms with Crippen molar-refractivity contribution in [2.45, 2.75) is 27.1 Å². The molecule has 0 saturated carbocycles. The van der Waals surface area contributed by atoms with Gasteiger partial charge in [0, 0.05) is 10.6 Å². The molecule has 0 radical (unpaired) electrons. The molecule has 7 nitrogen and oxygen atoms in total. The van der Waals surface area contributed by atoms with Crippen LogP contribution in [0.1, 0.15) is 40.9 Å². The summed E-state index contributed by atoms with van der Waals surface area (Å²) in [5.74, 6) is 1.87. The minimum atomic E-state index is -0.375. The summed E-state index contributed by atoms with van der Waals surface area (Å²) in [6.07, 6.45) is 1.55. The van der Waals surface area contributed by atoms with E-state index in [0.29, 0.717) is 60.0 Å². The number of ether oxygens (including phenoxy) is 4. The van der Waals surface area contributed by atoms with Gasteiger partial charge in [0.25, 0.3) is 5.91 Å². The summed E-state index contributed by atoms with van der Waals surface area (Å²) in [5, 5.41) is 4.79. The predicted octanol–water partition coefficient (Wildman–Crippen LogP) is 7.06. The first-order chi connectivity index (χ1) is 19.6. The fraction of sp³-hybridized carbons (Fsp3) is 0.188. The Morgan fingerprint density at radius 3 is 1.98 bits per heavy atom. The van der Waals surface area contributed by atoms with Gasteiger partial charge in [-0.25, -0.2) is 5.43 Å². The molecule has 1 N–H and O–H groups in total. The van der Waals surface area contributed by atoms with Crippen LogP contribution in [0.5, 0.6) is 23.0 Å². The van der Waals surface area contributed by atoms with Crippen molar-refractivity contribution in [1.29, 1.82) is 0 Å². The largest absolute Gasteiger partial charge is 0.490 e. The molecule has 4 rings (SSSR count). The fourth-order valence-electron chi connectivity index (χ4n) is 3.74. The molecule has 4 aromatic rings. The number of amides is 1. The molecular formula is C32H31ClN2O5. The van der Waals surface area contributed by atoms with Gasteiger partial charge in [0.2, 0.25) is 0 Å². The molecule has 206 valence electrons. The van der Waals surface area contributed by atoms with E-state index in [-0.39, 0.29) is 5.91 Å². The third kappa shape index (κ3) is 8.25. The quantitative estimate of drug-likeness (QED) is 0.140. The zero-order valence-electron chi connectivity index (χ0n) is 22.4. The third-order valence-electron chi connectivity index (χ3n) is 5.70. The Kier molecular flexibility index (Phi) is 10.4. The molecule has 4 aromatic carbocycles. The number of hydrogen-bond donors (Lipinski definition) is 1. The van der Waals surface area contributed by atoms with E-state index in [2.05, 4.69) is 10.5 Å². The highest BCUT2D eigenvalue weighted by Gasteiger charge is 2.12. The number of carbonyl (C=O) groups excluding carboxylic acids is 1. The second kappa shape index (κ2) is 14.6. The van der Waals surface area contributed by atoms with Crippen molar-refractivity contribution >= 4 is 23.7 Å². The van der Waals surface area contributed by atoms with Crippen molar-refractivity contribution < 1.29 is 23.7 Å². The lowest BCUT2D eigenvalue weighted by atomic mass is 10.2. The summed E-state index contributed by atoms with van der Waals surface area (Å²) in [6.45, 7) is 5.46. The van der Waals surface area contributed by atoms with Crippen LogP contribution in [-0.4, -0.2) is 25.3 Å². The molecule has 40 heavy (non-hydrogen) atoms. The van der Waals surface area contributed by atoms with Gasteiger partial charge in [0.05, 0.1) is 19.4 Å². The van der Waals surface area contributed by atoms with E-state index >= 15 is 0 Å². The molecule has 8 heteroatoms. The van der Waals surface area contributed by atoms with Crippen LogP contribution in [0.25, 0.3) is 0 Å². The zero-order chi connectivity index (χ0) is 28.2. The zero-order valence-corrected chi connectivity index (χ0v) is 23.2. The second-order valence-electron chi connectivity index (χ2n) is 8.62. The fourth-order valence-corrected chi connectivity index (χ4v) is 3.86. The number of hydrazone groups is 1.